The molecular weight excluding hydrogens is 507 g/mol. The van der Waals surface area contributed by atoms with E-state index in [0.717, 1.165) is 33.6 Å². The van der Waals surface area contributed by atoms with Crippen molar-refractivity contribution in [1.82, 2.24) is 15.5 Å². The molecule has 8 heteroatoms. The van der Waals surface area contributed by atoms with Gasteiger partial charge in [-0.1, -0.05) is 30.3 Å². The molecule has 2 N–H and O–H groups in total. The normalized spacial score (nSPS) is 11.0. The van der Waals surface area contributed by atoms with E-state index in [1.54, 1.807) is 21.2 Å². The molecule has 0 fully saturated rings. The lowest BCUT2D eigenvalue weighted by molar-refractivity contribution is -0.127. The molecule has 31 heavy (non-hydrogen) atoms. The summed E-state index contributed by atoms with van der Waals surface area (Å²) in [6, 6.07) is 15.7. The molecular formula is C23H29IN4O3. The Hall–Kier alpha value is -2.75. The van der Waals surface area contributed by atoms with Crippen molar-refractivity contribution in [3.05, 3.63) is 65.4 Å². The van der Waals surface area contributed by atoms with E-state index in [-0.39, 0.29) is 36.4 Å². The molecule has 7 nitrogen and oxygen atoms in total. The maximum atomic E-state index is 12.0. The molecule has 0 aliphatic heterocycles. The average molecular weight is 536 g/mol. The van der Waals surface area contributed by atoms with Gasteiger partial charge in [-0.15, -0.1) is 24.0 Å². The standard InChI is InChI=1S/C23H28N4O3.HI/c1-16-19-7-5-6-8-20(19)30-21(16)14-25-23(26-15-22(28)27(2)3)24-13-17-9-11-18(29-4)12-10-17;/h5-12H,13-15H2,1-4H3,(H2,24,25,26);1H. The van der Waals surface area contributed by atoms with Gasteiger partial charge in [0.25, 0.3) is 0 Å². The van der Waals surface area contributed by atoms with Gasteiger partial charge in [0.1, 0.15) is 17.1 Å². The van der Waals surface area contributed by atoms with Crippen LogP contribution >= 0.6 is 24.0 Å². The molecule has 0 atom stereocenters. The van der Waals surface area contributed by atoms with Crippen LogP contribution in [-0.4, -0.2) is 44.5 Å². The number of guanidine groups is 1. The Bertz CT molecular complexity index is 1030. The van der Waals surface area contributed by atoms with Crippen LogP contribution in [0.15, 0.2) is 57.9 Å². The number of hydrogen-bond donors (Lipinski definition) is 2. The second-order valence-electron chi connectivity index (χ2n) is 7.15. The average Bonchev–Trinajstić information content (AvgIpc) is 3.09. The van der Waals surface area contributed by atoms with Crippen molar-refractivity contribution >= 4 is 46.8 Å². The number of hydrogen-bond acceptors (Lipinski definition) is 4. The van der Waals surface area contributed by atoms with Gasteiger partial charge >= 0.3 is 0 Å². The van der Waals surface area contributed by atoms with Gasteiger partial charge in [-0.3, -0.25) is 4.79 Å². The van der Waals surface area contributed by atoms with Gasteiger partial charge in [0, 0.05) is 25.0 Å². The minimum atomic E-state index is -0.0335. The Morgan fingerprint density at radius 1 is 1.10 bits per heavy atom. The number of carbonyl (C=O) groups is 1. The lowest BCUT2D eigenvalue weighted by Gasteiger charge is -2.15. The molecule has 0 bridgehead atoms. The third-order valence-corrected chi connectivity index (χ3v) is 4.84. The maximum Gasteiger partial charge on any atom is 0.241 e. The van der Waals surface area contributed by atoms with Crippen LogP contribution in [0.5, 0.6) is 5.75 Å². The number of carbonyl (C=O) groups excluding carboxylic acids is 1. The molecule has 0 saturated carbocycles. The lowest BCUT2D eigenvalue weighted by Crippen LogP contribution is -2.42. The fourth-order valence-electron chi connectivity index (χ4n) is 2.95. The van der Waals surface area contributed by atoms with Crippen molar-refractivity contribution in [2.24, 2.45) is 4.99 Å². The van der Waals surface area contributed by atoms with E-state index in [2.05, 4.69) is 15.6 Å². The van der Waals surface area contributed by atoms with Crippen LogP contribution in [0.25, 0.3) is 11.0 Å². The van der Waals surface area contributed by atoms with Gasteiger partial charge < -0.3 is 24.7 Å². The number of rotatable bonds is 7. The zero-order valence-corrected chi connectivity index (χ0v) is 20.6. The molecule has 1 heterocycles. The predicted molar refractivity (Wildman–Crippen MR) is 134 cm³/mol. The summed E-state index contributed by atoms with van der Waals surface area (Å²) in [5.74, 6) is 2.15. The van der Waals surface area contributed by atoms with E-state index >= 15 is 0 Å². The Labute approximate surface area is 199 Å². The van der Waals surface area contributed by atoms with Gasteiger partial charge in [0.15, 0.2) is 5.96 Å². The monoisotopic (exact) mass is 536 g/mol. The summed E-state index contributed by atoms with van der Waals surface area (Å²) in [6.45, 7) is 3.13. The van der Waals surface area contributed by atoms with Gasteiger partial charge in [-0.2, -0.15) is 0 Å². The number of ether oxygens (including phenoxy) is 1. The number of aliphatic imine (C=N–C) groups is 1. The summed E-state index contributed by atoms with van der Waals surface area (Å²) < 4.78 is 11.2. The number of para-hydroxylation sites is 1. The molecule has 166 valence electrons. The fraction of sp³-hybridized carbons (Fsp3) is 0.304. The SMILES string of the molecule is COc1ccc(CN=C(NCC(=O)N(C)C)NCc2oc3ccccc3c2C)cc1.I. The highest BCUT2D eigenvalue weighted by Crippen LogP contribution is 2.24. The topological polar surface area (TPSA) is 79.1 Å². The Kier molecular flexibility index (Phi) is 9.17. The molecule has 1 aromatic heterocycles. The number of methoxy groups -OCH3 is 1. The first-order valence-electron chi connectivity index (χ1n) is 9.80. The van der Waals surface area contributed by atoms with Crippen molar-refractivity contribution in [3.8, 4) is 5.75 Å². The van der Waals surface area contributed by atoms with Gasteiger partial charge in [-0.05, 0) is 30.7 Å². The third kappa shape index (κ3) is 6.61. The molecule has 0 saturated heterocycles. The number of amides is 1. The highest BCUT2D eigenvalue weighted by Gasteiger charge is 2.11. The molecule has 0 radical (unpaired) electrons. The summed E-state index contributed by atoms with van der Waals surface area (Å²) >= 11 is 0. The van der Waals surface area contributed by atoms with E-state index in [9.17, 15) is 4.79 Å². The van der Waals surface area contributed by atoms with E-state index in [4.69, 9.17) is 9.15 Å². The first-order chi connectivity index (χ1) is 14.5. The number of aryl methyl sites for hydroxylation is 1. The summed E-state index contributed by atoms with van der Waals surface area (Å²) in [5, 5.41) is 7.47. The van der Waals surface area contributed by atoms with Crippen LogP contribution in [0, 0.1) is 6.92 Å². The predicted octanol–water partition coefficient (Wildman–Crippen LogP) is 3.69. The van der Waals surface area contributed by atoms with Crippen LogP contribution in [0.2, 0.25) is 0 Å². The van der Waals surface area contributed by atoms with Crippen molar-refractivity contribution in [2.45, 2.75) is 20.0 Å². The first-order valence-corrected chi connectivity index (χ1v) is 9.80. The molecule has 3 rings (SSSR count). The van der Waals surface area contributed by atoms with Gasteiger partial charge in [0.2, 0.25) is 5.91 Å². The highest BCUT2D eigenvalue weighted by molar-refractivity contribution is 14.0. The molecule has 0 aliphatic rings. The summed E-state index contributed by atoms with van der Waals surface area (Å²) in [7, 11) is 5.09. The molecule has 3 aromatic rings. The van der Waals surface area contributed by atoms with Crippen LogP contribution in [-0.2, 0) is 17.9 Å². The van der Waals surface area contributed by atoms with E-state index in [1.165, 1.54) is 4.90 Å². The molecule has 2 aromatic carbocycles. The van der Waals surface area contributed by atoms with E-state index < -0.39 is 0 Å². The number of benzene rings is 2. The lowest BCUT2D eigenvalue weighted by atomic mass is 10.1. The van der Waals surface area contributed by atoms with Crippen molar-refractivity contribution in [3.63, 3.8) is 0 Å². The van der Waals surface area contributed by atoms with Gasteiger partial charge in [0.05, 0.1) is 26.7 Å². The molecule has 0 spiro atoms. The second kappa shape index (κ2) is 11.6. The molecule has 0 aliphatic carbocycles. The third-order valence-electron chi connectivity index (χ3n) is 4.84. The minimum Gasteiger partial charge on any atom is -0.497 e. The number of nitrogens with zero attached hydrogens (tertiary/aromatic N) is 2. The Balaban J connectivity index is 0.00000341. The van der Waals surface area contributed by atoms with Crippen LogP contribution < -0.4 is 15.4 Å². The second-order valence-corrected chi connectivity index (χ2v) is 7.15. The van der Waals surface area contributed by atoms with E-state index in [1.807, 2.05) is 55.5 Å². The van der Waals surface area contributed by atoms with E-state index in [0.29, 0.717) is 19.0 Å². The minimum absolute atomic E-state index is 0. The highest BCUT2D eigenvalue weighted by atomic mass is 127. The molecule has 1 amide bonds. The van der Waals surface area contributed by atoms with Crippen molar-refractivity contribution < 1.29 is 13.9 Å². The number of likely N-dealkylation sites (N-methyl/N-ethyl adjacent to an activating group) is 1. The first kappa shape index (κ1) is 24.5. The number of fused-ring (bicyclic) bond motifs is 1. The number of nitrogens with one attached hydrogen (secondary N) is 2. The zero-order valence-electron chi connectivity index (χ0n) is 18.3. The summed E-state index contributed by atoms with van der Waals surface area (Å²) in [4.78, 5) is 18.1. The van der Waals surface area contributed by atoms with Crippen LogP contribution in [0.3, 0.4) is 0 Å². The van der Waals surface area contributed by atoms with Crippen LogP contribution in [0.1, 0.15) is 16.9 Å². The smallest absolute Gasteiger partial charge is 0.241 e. The Morgan fingerprint density at radius 3 is 2.45 bits per heavy atom. The largest absolute Gasteiger partial charge is 0.497 e. The number of furan rings is 1. The summed E-state index contributed by atoms with van der Waals surface area (Å²) in [5.41, 5.74) is 2.99. The van der Waals surface area contributed by atoms with Gasteiger partial charge in [-0.25, -0.2) is 4.99 Å². The van der Waals surface area contributed by atoms with Crippen molar-refractivity contribution in [1.29, 1.82) is 0 Å². The van der Waals surface area contributed by atoms with Crippen molar-refractivity contribution in [2.75, 3.05) is 27.7 Å². The Morgan fingerprint density at radius 2 is 1.81 bits per heavy atom. The maximum absolute atomic E-state index is 12.0. The fourth-order valence-corrected chi connectivity index (χ4v) is 2.95. The summed E-state index contributed by atoms with van der Waals surface area (Å²) in [6.07, 6.45) is 0. The zero-order chi connectivity index (χ0) is 21.5. The number of halogens is 1. The quantitative estimate of drug-likeness (QED) is 0.274. The molecule has 0 unspecified atom stereocenters. The van der Waals surface area contributed by atoms with Crippen LogP contribution in [0.4, 0.5) is 0 Å².